The van der Waals surface area contributed by atoms with Gasteiger partial charge in [0.15, 0.2) is 6.73 Å². The molecule has 0 amide bonds. The van der Waals surface area contributed by atoms with Gasteiger partial charge in [-0.1, -0.05) is 13.0 Å². The summed E-state index contributed by atoms with van der Waals surface area (Å²) in [5.41, 5.74) is 6.53. The van der Waals surface area contributed by atoms with E-state index in [2.05, 4.69) is 15.2 Å². The number of rotatable bonds is 14. The van der Waals surface area contributed by atoms with E-state index in [4.69, 9.17) is 10.5 Å². The van der Waals surface area contributed by atoms with Crippen LogP contribution >= 0.6 is 0 Å². The van der Waals surface area contributed by atoms with Gasteiger partial charge in [-0.15, -0.1) is 0 Å². The van der Waals surface area contributed by atoms with E-state index >= 15 is 4.39 Å². The summed E-state index contributed by atoms with van der Waals surface area (Å²) in [7, 11) is 7.71. The van der Waals surface area contributed by atoms with E-state index in [-0.39, 0.29) is 24.2 Å². The Hall–Kier alpha value is -1.86. The van der Waals surface area contributed by atoms with E-state index in [0.717, 1.165) is 25.2 Å². The van der Waals surface area contributed by atoms with E-state index < -0.39 is 0 Å². The van der Waals surface area contributed by atoms with Crippen LogP contribution in [0.15, 0.2) is 40.6 Å². The Morgan fingerprint density at radius 1 is 1.33 bits per heavy atom. The molecule has 0 aromatic heterocycles. The largest absolute Gasteiger partial charge is 0.473 e. The van der Waals surface area contributed by atoms with Crippen molar-refractivity contribution in [1.82, 2.24) is 15.1 Å². The number of halogens is 1. The van der Waals surface area contributed by atoms with Crippen LogP contribution in [-0.2, 0) is 4.74 Å². The molecule has 0 radical (unpaired) electrons. The van der Waals surface area contributed by atoms with Gasteiger partial charge in [-0.2, -0.15) is 0 Å². The lowest BCUT2D eigenvalue weighted by Gasteiger charge is -2.30. The van der Waals surface area contributed by atoms with Crippen molar-refractivity contribution >= 4 is 6.21 Å². The Balaban J connectivity index is 5.16. The predicted molar refractivity (Wildman–Crippen MR) is 113 cm³/mol. The second kappa shape index (κ2) is 15.2. The van der Waals surface area contributed by atoms with Crippen molar-refractivity contribution in [2.45, 2.75) is 26.7 Å². The number of allylic oxidation sites excluding steroid dienone is 3. The third-order valence-corrected chi connectivity index (χ3v) is 3.94. The molecule has 0 aromatic carbocycles. The number of hydrogen-bond acceptors (Lipinski definition) is 6. The van der Waals surface area contributed by atoms with Crippen LogP contribution in [0.2, 0.25) is 0 Å². The third kappa shape index (κ3) is 10.8. The van der Waals surface area contributed by atoms with Gasteiger partial charge in [0.2, 0.25) is 0 Å². The number of nitrogens with zero attached hydrogens (tertiary/aromatic N) is 3. The fraction of sp³-hybridized carbons (Fsp3) is 0.650. The van der Waals surface area contributed by atoms with Crippen LogP contribution in [0.4, 0.5) is 4.39 Å². The van der Waals surface area contributed by atoms with Crippen molar-refractivity contribution in [3.8, 4) is 0 Å². The van der Waals surface area contributed by atoms with Crippen molar-refractivity contribution in [3.05, 3.63) is 35.6 Å². The van der Waals surface area contributed by atoms with Crippen molar-refractivity contribution < 1.29 is 9.13 Å². The molecule has 27 heavy (non-hydrogen) atoms. The van der Waals surface area contributed by atoms with Gasteiger partial charge in [-0.25, -0.2) is 4.39 Å². The van der Waals surface area contributed by atoms with Crippen LogP contribution in [0, 0.1) is 5.92 Å². The van der Waals surface area contributed by atoms with Crippen LogP contribution in [-0.4, -0.2) is 70.6 Å². The Labute approximate surface area is 164 Å². The lowest BCUT2D eigenvalue weighted by molar-refractivity contribution is 0.203. The number of ether oxygens (including phenoxy) is 1. The molecule has 7 heteroatoms. The van der Waals surface area contributed by atoms with Crippen LogP contribution in [0.3, 0.4) is 0 Å². The Kier molecular flexibility index (Phi) is 14.2. The first-order chi connectivity index (χ1) is 12.9. The fourth-order valence-corrected chi connectivity index (χ4v) is 2.49. The first-order valence-electron chi connectivity index (χ1n) is 9.46. The van der Waals surface area contributed by atoms with Crippen LogP contribution in [0.1, 0.15) is 26.7 Å². The van der Waals surface area contributed by atoms with Crippen LogP contribution < -0.4 is 11.1 Å². The molecular weight excluding hydrogens is 345 g/mol. The topological polar surface area (TPSA) is 66.1 Å². The van der Waals surface area contributed by atoms with Gasteiger partial charge in [-0.3, -0.25) is 4.99 Å². The normalized spacial score (nSPS) is 14.6. The molecule has 0 saturated carbocycles. The minimum Gasteiger partial charge on any atom is -0.473 e. The van der Waals surface area contributed by atoms with Gasteiger partial charge in [0.25, 0.3) is 0 Å². The molecule has 0 heterocycles. The molecule has 6 nitrogen and oxygen atoms in total. The van der Waals surface area contributed by atoms with Gasteiger partial charge in [-0.05, 0) is 39.4 Å². The summed E-state index contributed by atoms with van der Waals surface area (Å²) in [4.78, 5) is 8.11. The zero-order valence-corrected chi connectivity index (χ0v) is 17.8. The average Bonchev–Trinajstić information content (AvgIpc) is 2.64. The highest BCUT2D eigenvalue weighted by molar-refractivity contribution is 5.70. The maximum atomic E-state index is 15.1. The highest BCUT2D eigenvalue weighted by atomic mass is 19.1. The minimum atomic E-state index is -0.366. The maximum Gasteiger partial charge on any atom is 0.178 e. The smallest absolute Gasteiger partial charge is 0.178 e. The molecule has 0 saturated heterocycles. The molecule has 0 rings (SSSR count). The number of hydrogen-bond donors (Lipinski definition) is 2. The predicted octanol–water partition coefficient (Wildman–Crippen LogP) is 2.72. The summed E-state index contributed by atoms with van der Waals surface area (Å²) < 4.78 is 20.6. The molecule has 1 atom stereocenters. The standard InChI is InChI=1S/C20H38FN5O/c1-7-18(19(15-25(4)5)26(6)14-10-11-22)20(21)17(2)27-16-24-13-9-8-12-23-3/h8-9,13,15,18,23H,7,10-12,14,16,22H2,1-6H3/b9-8-,19-15-,20-17-,24-13-. The molecule has 0 spiro atoms. The summed E-state index contributed by atoms with van der Waals surface area (Å²) in [6, 6.07) is 0. The van der Waals surface area contributed by atoms with Crippen molar-refractivity contribution in [2.75, 3.05) is 54.6 Å². The van der Waals surface area contributed by atoms with E-state index in [0.29, 0.717) is 13.0 Å². The molecule has 0 aliphatic carbocycles. The zero-order valence-electron chi connectivity index (χ0n) is 17.8. The van der Waals surface area contributed by atoms with Gasteiger partial charge in [0, 0.05) is 52.3 Å². The number of aliphatic imine (C=N–C) groups is 1. The van der Waals surface area contributed by atoms with Crippen molar-refractivity contribution in [2.24, 2.45) is 16.6 Å². The quantitative estimate of drug-likeness (QED) is 0.357. The second-order valence-corrected chi connectivity index (χ2v) is 6.54. The summed E-state index contributed by atoms with van der Waals surface area (Å²) in [5, 5.41) is 3.00. The summed E-state index contributed by atoms with van der Waals surface area (Å²) in [5.74, 6) is -0.351. The summed E-state index contributed by atoms with van der Waals surface area (Å²) in [6.07, 6.45) is 8.87. The highest BCUT2D eigenvalue weighted by Crippen LogP contribution is 2.30. The molecule has 0 aliphatic rings. The van der Waals surface area contributed by atoms with Gasteiger partial charge < -0.3 is 25.6 Å². The Bertz CT molecular complexity index is 515. The maximum absolute atomic E-state index is 15.1. The van der Waals surface area contributed by atoms with E-state index in [9.17, 15) is 0 Å². The SMILES string of the molecule is CCC(/C(=C/N(C)C)N(C)CCCN)/C(F)=C(\C)OC/N=C\C=C/CNC. The lowest BCUT2D eigenvalue weighted by atomic mass is 9.99. The fourth-order valence-electron chi connectivity index (χ4n) is 2.49. The van der Waals surface area contributed by atoms with Crippen LogP contribution in [0.5, 0.6) is 0 Å². The Morgan fingerprint density at radius 2 is 2.04 bits per heavy atom. The first kappa shape index (κ1) is 25.1. The zero-order chi connectivity index (χ0) is 20.7. The minimum absolute atomic E-state index is 0.0926. The molecule has 156 valence electrons. The van der Waals surface area contributed by atoms with Crippen molar-refractivity contribution in [3.63, 3.8) is 0 Å². The first-order valence-corrected chi connectivity index (χ1v) is 9.46. The highest BCUT2D eigenvalue weighted by Gasteiger charge is 2.24. The van der Waals surface area contributed by atoms with Gasteiger partial charge in [0.05, 0.1) is 5.92 Å². The molecule has 0 bridgehead atoms. The molecule has 0 fully saturated rings. The van der Waals surface area contributed by atoms with Crippen molar-refractivity contribution in [1.29, 1.82) is 0 Å². The molecule has 0 aromatic rings. The van der Waals surface area contributed by atoms with Crippen LogP contribution in [0.25, 0.3) is 0 Å². The molecule has 3 N–H and O–H groups in total. The van der Waals surface area contributed by atoms with Gasteiger partial charge in [0.1, 0.15) is 11.6 Å². The van der Waals surface area contributed by atoms with E-state index in [1.165, 1.54) is 0 Å². The molecule has 1 unspecified atom stereocenters. The van der Waals surface area contributed by atoms with E-state index in [1.54, 1.807) is 13.1 Å². The second-order valence-electron chi connectivity index (χ2n) is 6.54. The summed E-state index contributed by atoms with van der Waals surface area (Å²) in [6.45, 7) is 5.88. The molecular formula is C20H38FN5O. The average molecular weight is 384 g/mol. The third-order valence-electron chi connectivity index (χ3n) is 3.94. The van der Waals surface area contributed by atoms with Gasteiger partial charge >= 0.3 is 0 Å². The molecule has 0 aliphatic heterocycles. The number of likely N-dealkylation sites (N-methyl/N-ethyl adjacent to an activating group) is 1. The van der Waals surface area contributed by atoms with E-state index in [1.807, 2.05) is 58.4 Å². The lowest BCUT2D eigenvalue weighted by Crippen LogP contribution is -2.28. The Morgan fingerprint density at radius 3 is 2.59 bits per heavy atom. The number of nitrogens with one attached hydrogen (secondary N) is 1. The summed E-state index contributed by atoms with van der Waals surface area (Å²) >= 11 is 0. The monoisotopic (exact) mass is 383 g/mol. The number of nitrogens with two attached hydrogens (primary N) is 1.